The molecule has 4 rings (SSSR count). The predicted octanol–water partition coefficient (Wildman–Crippen LogP) is 2.28. The average Bonchev–Trinajstić information content (AvgIpc) is 2.77. The van der Waals surface area contributed by atoms with Gasteiger partial charge < -0.3 is 10.1 Å². The van der Waals surface area contributed by atoms with E-state index in [2.05, 4.69) is 12.2 Å². The smallest absolute Gasteiger partial charge is 0.265 e. The van der Waals surface area contributed by atoms with Gasteiger partial charge in [0.05, 0.1) is 10.6 Å². The second kappa shape index (κ2) is 9.16. The molecule has 0 spiro atoms. The van der Waals surface area contributed by atoms with Gasteiger partial charge in [-0.25, -0.2) is 8.42 Å². The Balaban J connectivity index is 1.54. The largest absolute Gasteiger partial charge is 0.482 e. The van der Waals surface area contributed by atoms with Gasteiger partial charge in [0.15, 0.2) is 6.61 Å². The van der Waals surface area contributed by atoms with Crippen LogP contribution < -0.4 is 15.0 Å². The van der Waals surface area contributed by atoms with E-state index in [9.17, 15) is 18.0 Å². The standard InChI is InChI=1S/C22H31N3O5S/c1-16-7-3-4-8-18(16)23-21(26)14-25-19-13-17(9-10-20(19)30-15-22(25)27)31(28,29)24-11-5-2-6-12-24/h9-10,13,16,18H,2-8,11-12,14-15H2,1H3,(H,23,26)/t16-,18-/m0/s1. The molecule has 2 fully saturated rings. The molecule has 1 aromatic carbocycles. The molecule has 9 heteroatoms. The number of fused-ring (bicyclic) bond motifs is 1. The Bertz CT molecular complexity index is 942. The normalized spacial score (nSPS) is 24.9. The van der Waals surface area contributed by atoms with Crippen LogP contribution in [0.25, 0.3) is 0 Å². The number of ether oxygens (including phenoxy) is 1. The van der Waals surface area contributed by atoms with Gasteiger partial charge in [-0.3, -0.25) is 14.5 Å². The van der Waals surface area contributed by atoms with E-state index in [0.29, 0.717) is 30.4 Å². The maximum absolute atomic E-state index is 13.1. The number of sulfonamides is 1. The molecule has 1 aliphatic carbocycles. The first-order valence-corrected chi connectivity index (χ1v) is 12.7. The van der Waals surface area contributed by atoms with Crippen molar-refractivity contribution in [2.24, 2.45) is 5.92 Å². The molecule has 8 nitrogen and oxygen atoms in total. The fourth-order valence-corrected chi connectivity index (χ4v) is 6.23. The van der Waals surface area contributed by atoms with E-state index in [1.54, 1.807) is 6.07 Å². The summed E-state index contributed by atoms with van der Waals surface area (Å²) in [5, 5.41) is 3.06. The lowest BCUT2D eigenvalue weighted by atomic mass is 9.86. The number of benzene rings is 1. The lowest BCUT2D eigenvalue weighted by molar-refractivity contribution is -0.126. The minimum atomic E-state index is -3.66. The van der Waals surface area contributed by atoms with E-state index in [-0.39, 0.29) is 35.9 Å². The summed E-state index contributed by atoms with van der Waals surface area (Å²) >= 11 is 0. The zero-order chi connectivity index (χ0) is 22.0. The van der Waals surface area contributed by atoms with Gasteiger partial charge >= 0.3 is 0 Å². The maximum Gasteiger partial charge on any atom is 0.265 e. The molecule has 1 saturated carbocycles. The van der Waals surface area contributed by atoms with Crippen LogP contribution in [0.3, 0.4) is 0 Å². The summed E-state index contributed by atoms with van der Waals surface area (Å²) < 4.78 is 33.2. The van der Waals surface area contributed by atoms with Crippen molar-refractivity contribution in [2.45, 2.75) is 62.8 Å². The van der Waals surface area contributed by atoms with Gasteiger partial charge in [0.25, 0.3) is 5.91 Å². The Kier molecular flexibility index (Phi) is 6.52. The summed E-state index contributed by atoms with van der Waals surface area (Å²) in [7, 11) is -3.66. The van der Waals surface area contributed by atoms with E-state index in [4.69, 9.17) is 4.74 Å². The van der Waals surface area contributed by atoms with E-state index in [0.717, 1.165) is 38.5 Å². The number of rotatable bonds is 5. The van der Waals surface area contributed by atoms with Crippen LogP contribution >= 0.6 is 0 Å². The Morgan fingerprint density at radius 2 is 1.87 bits per heavy atom. The van der Waals surface area contributed by atoms with Crippen molar-refractivity contribution in [2.75, 3.05) is 31.1 Å². The van der Waals surface area contributed by atoms with E-state index in [1.807, 2.05) is 0 Å². The van der Waals surface area contributed by atoms with Gasteiger partial charge in [0, 0.05) is 19.1 Å². The van der Waals surface area contributed by atoms with Gasteiger partial charge in [-0.1, -0.05) is 26.2 Å². The van der Waals surface area contributed by atoms with Crippen LogP contribution in [0.4, 0.5) is 5.69 Å². The molecule has 0 bridgehead atoms. The summed E-state index contributed by atoms with van der Waals surface area (Å²) in [6.07, 6.45) is 7.01. The highest BCUT2D eigenvalue weighted by Gasteiger charge is 2.32. The molecule has 1 N–H and O–H groups in total. The van der Waals surface area contributed by atoms with Gasteiger partial charge in [0.2, 0.25) is 15.9 Å². The fraction of sp³-hybridized carbons (Fsp3) is 0.636. The molecule has 2 amide bonds. The van der Waals surface area contributed by atoms with Crippen molar-refractivity contribution in [1.82, 2.24) is 9.62 Å². The highest BCUT2D eigenvalue weighted by molar-refractivity contribution is 7.89. The zero-order valence-electron chi connectivity index (χ0n) is 18.0. The van der Waals surface area contributed by atoms with Crippen LogP contribution in [-0.4, -0.2) is 56.8 Å². The number of nitrogens with one attached hydrogen (secondary N) is 1. The highest BCUT2D eigenvalue weighted by atomic mass is 32.2. The topological polar surface area (TPSA) is 96.0 Å². The third-order valence-electron chi connectivity index (χ3n) is 6.59. The molecule has 1 saturated heterocycles. The quantitative estimate of drug-likeness (QED) is 0.744. The van der Waals surface area contributed by atoms with Crippen molar-refractivity contribution < 1.29 is 22.7 Å². The number of nitrogens with zero attached hydrogens (tertiary/aromatic N) is 2. The molecular weight excluding hydrogens is 418 g/mol. The summed E-state index contributed by atoms with van der Waals surface area (Å²) in [6.45, 7) is 2.82. The van der Waals surface area contributed by atoms with Gasteiger partial charge in [0.1, 0.15) is 12.3 Å². The molecule has 3 aliphatic rings. The molecule has 0 unspecified atom stereocenters. The van der Waals surface area contributed by atoms with Crippen molar-refractivity contribution in [3.8, 4) is 5.75 Å². The number of hydrogen-bond acceptors (Lipinski definition) is 5. The molecule has 0 radical (unpaired) electrons. The van der Waals surface area contributed by atoms with Gasteiger partial charge in [-0.2, -0.15) is 4.31 Å². The molecule has 1 aromatic rings. The van der Waals surface area contributed by atoms with E-state index >= 15 is 0 Å². The third-order valence-corrected chi connectivity index (χ3v) is 8.48. The van der Waals surface area contributed by atoms with Crippen molar-refractivity contribution in [3.05, 3.63) is 18.2 Å². The van der Waals surface area contributed by atoms with E-state index in [1.165, 1.54) is 27.8 Å². The van der Waals surface area contributed by atoms with E-state index < -0.39 is 10.0 Å². The molecule has 31 heavy (non-hydrogen) atoms. The molecule has 2 atom stereocenters. The Hall–Kier alpha value is -2.13. The Morgan fingerprint density at radius 1 is 1.13 bits per heavy atom. The first kappa shape index (κ1) is 22.1. The number of piperidine rings is 1. The second-order valence-electron chi connectivity index (χ2n) is 8.80. The lowest BCUT2D eigenvalue weighted by Gasteiger charge is -2.32. The summed E-state index contributed by atoms with van der Waals surface area (Å²) in [5.41, 5.74) is 0.334. The van der Waals surface area contributed by atoms with Crippen LogP contribution in [0.1, 0.15) is 51.9 Å². The first-order chi connectivity index (χ1) is 14.9. The van der Waals surface area contributed by atoms with Crippen molar-refractivity contribution >= 4 is 27.5 Å². The number of carbonyl (C=O) groups excluding carboxylic acids is 2. The monoisotopic (exact) mass is 449 g/mol. The van der Waals surface area contributed by atoms with Crippen LogP contribution in [0, 0.1) is 5.92 Å². The Labute approximate surface area is 184 Å². The second-order valence-corrected chi connectivity index (χ2v) is 10.7. The third kappa shape index (κ3) is 4.72. The van der Waals surface area contributed by atoms with Crippen molar-refractivity contribution in [1.29, 1.82) is 0 Å². The van der Waals surface area contributed by atoms with Crippen LogP contribution in [0.15, 0.2) is 23.1 Å². The predicted molar refractivity (Wildman–Crippen MR) is 116 cm³/mol. The number of carbonyl (C=O) groups is 2. The van der Waals surface area contributed by atoms with Crippen molar-refractivity contribution in [3.63, 3.8) is 0 Å². The van der Waals surface area contributed by atoms with Crippen LogP contribution in [0.5, 0.6) is 5.75 Å². The fourth-order valence-electron chi connectivity index (χ4n) is 4.70. The summed E-state index contributed by atoms with van der Waals surface area (Å²) in [4.78, 5) is 26.8. The molecule has 0 aromatic heterocycles. The summed E-state index contributed by atoms with van der Waals surface area (Å²) in [5.74, 6) is 0.235. The highest BCUT2D eigenvalue weighted by Crippen LogP contribution is 2.35. The van der Waals surface area contributed by atoms with Crippen LogP contribution in [-0.2, 0) is 19.6 Å². The molecule has 170 valence electrons. The average molecular weight is 450 g/mol. The minimum absolute atomic E-state index is 0.114. The first-order valence-electron chi connectivity index (χ1n) is 11.2. The number of amides is 2. The Morgan fingerprint density at radius 3 is 2.61 bits per heavy atom. The lowest BCUT2D eigenvalue weighted by Crippen LogP contribution is -2.49. The summed E-state index contributed by atoms with van der Waals surface area (Å²) in [6, 6.07) is 4.67. The minimum Gasteiger partial charge on any atom is -0.482 e. The molecular formula is C22H31N3O5S. The maximum atomic E-state index is 13.1. The van der Waals surface area contributed by atoms with Gasteiger partial charge in [-0.05, 0) is 49.8 Å². The zero-order valence-corrected chi connectivity index (χ0v) is 18.8. The number of hydrogen-bond donors (Lipinski definition) is 1. The van der Waals surface area contributed by atoms with Crippen LogP contribution in [0.2, 0.25) is 0 Å². The molecule has 2 aliphatic heterocycles. The SMILES string of the molecule is C[C@H]1CCCC[C@@H]1NC(=O)CN1C(=O)COc2ccc(S(=O)(=O)N3CCCCC3)cc21. The molecule has 2 heterocycles. The number of anilines is 1. The van der Waals surface area contributed by atoms with Gasteiger partial charge in [-0.15, -0.1) is 0 Å².